The zero-order chi connectivity index (χ0) is 11.3. The van der Waals surface area contributed by atoms with Gasteiger partial charge in [0.2, 0.25) is 5.91 Å². The molecule has 0 radical (unpaired) electrons. The summed E-state index contributed by atoms with van der Waals surface area (Å²) in [6, 6.07) is 0.182. The first-order chi connectivity index (χ1) is 7.13. The Morgan fingerprint density at radius 1 is 1.67 bits per heavy atom. The lowest BCUT2D eigenvalue weighted by molar-refractivity contribution is -0.130. The second-order valence-electron chi connectivity index (χ2n) is 4.55. The van der Waals surface area contributed by atoms with Crippen molar-refractivity contribution in [2.24, 2.45) is 11.7 Å². The third-order valence-corrected chi connectivity index (χ3v) is 2.95. The second kappa shape index (κ2) is 6.08. The average Bonchev–Trinajstić information content (AvgIpc) is 2.65. The third-order valence-electron chi connectivity index (χ3n) is 2.95. The van der Waals surface area contributed by atoms with Crippen LogP contribution in [0.2, 0.25) is 0 Å². The highest BCUT2D eigenvalue weighted by atomic mass is 16.3. The number of likely N-dealkylation sites (tertiary alicyclic amines) is 1. The van der Waals surface area contributed by atoms with Crippen molar-refractivity contribution in [2.45, 2.75) is 38.6 Å². The van der Waals surface area contributed by atoms with Crippen molar-refractivity contribution in [3.8, 4) is 0 Å². The van der Waals surface area contributed by atoms with E-state index >= 15 is 0 Å². The maximum atomic E-state index is 11.7. The van der Waals surface area contributed by atoms with Gasteiger partial charge < -0.3 is 15.7 Å². The Balaban J connectivity index is 2.18. The monoisotopic (exact) mass is 214 g/mol. The van der Waals surface area contributed by atoms with E-state index < -0.39 is 0 Å². The predicted octanol–water partition coefficient (Wildman–Crippen LogP) is 0.345. The van der Waals surface area contributed by atoms with Crippen molar-refractivity contribution in [3.05, 3.63) is 0 Å². The first-order valence-corrected chi connectivity index (χ1v) is 5.77. The van der Waals surface area contributed by atoms with Gasteiger partial charge in [0.1, 0.15) is 0 Å². The maximum Gasteiger partial charge on any atom is 0.222 e. The van der Waals surface area contributed by atoms with E-state index in [0.29, 0.717) is 12.3 Å². The molecule has 0 aliphatic carbocycles. The zero-order valence-corrected chi connectivity index (χ0v) is 9.48. The molecule has 0 bridgehead atoms. The Kier molecular flexibility index (Phi) is 5.05. The van der Waals surface area contributed by atoms with Crippen LogP contribution in [-0.4, -0.2) is 41.7 Å². The highest BCUT2D eigenvalue weighted by Crippen LogP contribution is 2.16. The van der Waals surface area contributed by atoms with E-state index in [1.807, 2.05) is 11.8 Å². The van der Waals surface area contributed by atoms with Gasteiger partial charge in [-0.2, -0.15) is 0 Å². The Labute approximate surface area is 91.4 Å². The number of aliphatic hydroxyl groups excluding tert-OH is 1. The lowest BCUT2D eigenvalue weighted by atomic mass is 10.1. The van der Waals surface area contributed by atoms with E-state index in [2.05, 4.69) is 0 Å². The number of carbonyl (C=O) groups is 1. The van der Waals surface area contributed by atoms with Crippen molar-refractivity contribution in [2.75, 3.05) is 19.7 Å². The van der Waals surface area contributed by atoms with E-state index in [1.54, 1.807) is 0 Å². The minimum absolute atomic E-state index is 0.182. The molecule has 4 heteroatoms. The van der Waals surface area contributed by atoms with E-state index in [-0.39, 0.29) is 18.6 Å². The van der Waals surface area contributed by atoms with Gasteiger partial charge >= 0.3 is 0 Å². The highest BCUT2D eigenvalue weighted by Gasteiger charge is 2.24. The molecule has 88 valence electrons. The number of rotatable bonds is 5. The molecule has 4 nitrogen and oxygen atoms in total. The Hall–Kier alpha value is -0.610. The van der Waals surface area contributed by atoms with Gasteiger partial charge in [-0.15, -0.1) is 0 Å². The molecule has 1 amide bonds. The van der Waals surface area contributed by atoms with Gasteiger partial charge in [0.15, 0.2) is 0 Å². The highest BCUT2D eigenvalue weighted by molar-refractivity contribution is 5.76. The molecule has 1 aliphatic rings. The molecule has 0 spiro atoms. The van der Waals surface area contributed by atoms with Gasteiger partial charge in [0.05, 0.1) is 0 Å². The molecule has 0 aromatic heterocycles. The molecule has 1 saturated heterocycles. The van der Waals surface area contributed by atoms with Crippen molar-refractivity contribution in [1.82, 2.24) is 4.90 Å². The number of hydrogen-bond donors (Lipinski definition) is 2. The molecule has 1 fully saturated rings. The zero-order valence-electron chi connectivity index (χ0n) is 9.48. The third kappa shape index (κ3) is 4.18. The molecule has 3 N–H and O–H groups in total. The van der Waals surface area contributed by atoms with Gasteiger partial charge in [-0.25, -0.2) is 0 Å². The second-order valence-corrected chi connectivity index (χ2v) is 4.55. The summed E-state index contributed by atoms with van der Waals surface area (Å²) >= 11 is 0. The smallest absolute Gasteiger partial charge is 0.222 e. The minimum atomic E-state index is 0.182. The first-order valence-electron chi connectivity index (χ1n) is 5.77. The minimum Gasteiger partial charge on any atom is -0.396 e. The summed E-state index contributed by atoms with van der Waals surface area (Å²) < 4.78 is 0. The molecule has 15 heavy (non-hydrogen) atoms. The van der Waals surface area contributed by atoms with Crippen LogP contribution >= 0.6 is 0 Å². The van der Waals surface area contributed by atoms with Crippen molar-refractivity contribution in [1.29, 1.82) is 0 Å². The van der Waals surface area contributed by atoms with Crippen molar-refractivity contribution < 1.29 is 9.90 Å². The maximum absolute atomic E-state index is 11.7. The number of aliphatic hydroxyl groups is 1. The van der Waals surface area contributed by atoms with Gasteiger partial charge in [0.25, 0.3) is 0 Å². The van der Waals surface area contributed by atoms with Crippen LogP contribution in [0.5, 0.6) is 0 Å². The first kappa shape index (κ1) is 12.5. The molecule has 1 heterocycles. The van der Waals surface area contributed by atoms with Gasteiger partial charge in [-0.3, -0.25) is 4.79 Å². The predicted molar refractivity (Wildman–Crippen MR) is 59.3 cm³/mol. The number of hydrogen-bond acceptors (Lipinski definition) is 3. The number of amides is 1. The normalized spacial score (nSPS) is 23.1. The molecule has 2 atom stereocenters. The summed E-state index contributed by atoms with van der Waals surface area (Å²) in [5, 5.41) is 8.96. The lowest BCUT2D eigenvalue weighted by Gasteiger charge is -2.16. The number of nitrogens with zero attached hydrogens (tertiary/aromatic N) is 1. The SMILES string of the molecule is CC(N)CCCC(=O)N1CCC(CO)C1. The largest absolute Gasteiger partial charge is 0.396 e. The standard InChI is InChI=1S/C11H22N2O2/c1-9(12)3-2-4-11(15)13-6-5-10(7-13)8-14/h9-10,14H,2-8,12H2,1H3. The van der Waals surface area contributed by atoms with Crippen LogP contribution in [0.4, 0.5) is 0 Å². The molecule has 0 aromatic carbocycles. The van der Waals surface area contributed by atoms with E-state index in [1.165, 1.54) is 0 Å². The van der Waals surface area contributed by atoms with Crippen LogP contribution in [0.3, 0.4) is 0 Å². The van der Waals surface area contributed by atoms with E-state index in [9.17, 15) is 4.79 Å². The van der Waals surface area contributed by atoms with Gasteiger partial charge in [-0.1, -0.05) is 0 Å². The lowest BCUT2D eigenvalue weighted by Crippen LogP contribution is -2.29. The molecule has 1 aliphatic heterocycles. The fourth-order valence-electron chi connectivity index (χ4n) is 1.94. The summed E-state index contributed by atoms with van der Waals surface area (Å²) in [7, 11) is 0. The van der Waals surface area contributed by atoms with Crippen molar-refractivity contribution >= 4 is 5.91 Å². The Bertz CT molecular complexity index is 207. The van der Waals surface area contributed by atoms with Crippen LogP contribution < -0.4 is 5.73 Å². The molecule has 0 saturated carbocycles. The molecule has 1 rings (SSSR count). The fourth-order valence-corrected chi connectivity index (χ4v) is 1.94. The van der Waals surface area contributed by atoms with Crippen LogP contribution in [0, 0.1) is 5.92 Å². The summed E-state index contributed by atoms with van der Waals surface area (Å²) in [5.74, 6) is 0.508. The summed E-state index contributed by atoms with van der Waals surface area (Å²) in [6.45, 7) is 3.70. The van der Waals surface area contributed by atoms with E-state index in [0.717, 1.165) is 32.4 Å². The van der Waals surface area contributed by atoms with Crippen molar-refractivity contribution in [3.63, 3.8) is 0 Å². The number of carbonyl (C=O) groups excluding carboxylic acids is 1. The molecular formula is C11H22N2O2. The van der Waals surface area contributed by atoms with E-state index in [4.69, 9.17) is 10.8 Å². The van der Waals surface area contributed by atoms with Crippen LogP contribution in [0.1, 0.15) is 32.6 Å². The fraction of sp³-hybridized carbons (Fsp3) is 0.909. The summed E-state index contributed by atoms with van der Waals surface area (Å²) in [6.07, 6.45) is 3.31. The van der Waals surface area contributed by atoms with Crippen LogP contribution in [0.25, 0.3) is 0 Å². The van der Waals surface area contributed by atoms with Crippen LogP contribution in [0.15, 0.2) is 0 Å². The quantitative estimate of drug-likeness (QED) is 0.693. The molecule has 2 unspecified atom stereocenters. The van der Waals surface area contributed by atoms with Crippen LogP contribution in [-0.2, 0) is 4.79 Å². The molecule has 0 aromatic rings. The van der Waals surface area contributed by atoms with Gasteiger partial charge in [0, 0.05) is 38.1 Å². The number of nitrogens with two attached hydrogens (primary N) is 1. The Morgan fingerprint density at radius 3 is 2.93 bits per heavy atom. The average molecular weight is 214 g/mol. The van der Waals surface area contributed by atoms with Gasteiger partial charge in [-0.05, 0) is 26.2 Å². The summed E-state index contributed by atoms with van der Waals surface area (Å²) in [5.41, 5.74) is 5.62. The Morgan fingerprint density at radius 2 is 2.40 bits per heavy atom. The summed E-state index contributed by atoms with van der Waals surface area (Å²) in [4.78, 5) is 13.6. The topological polar surface area (TPSA) is 66.6 Å². The molecular weight excluding hydrogens is 192 g/mol.